The third kappa shape index (κ3) is 1.73. The van der Waals surface area contributed by atoms with Crippen molar-refractivity contribution in [1.82, 2.24) is 9.97 Å². The zero-order chi connectivity index (χ0) is 9.42. The van der Waals surface area contributed by atoms with Crippen molar-refractivity contribution in [3.05, 3.63) is 16.2 Å². The zero-order valence-corrected chi connectivity index (χ0v) is 10.4. The Morgan fingerprint density at radius 2 is 2.23 bits per heavy atom. The summed E-state index contributed by atoms with van der Waals surface area (Å²) in [4.78, 5) is 8.77. The van der Waals surface area contributed by atoms with Crippen molar-refractivity contribution >= 4 is 49.4 Å². The lowest BCUT2D eigenvalue weighted by molar-refractivity contribution is 1.17. The van der Waals surface area contributed by atoms with E-state index >= 15 is 0 Å². The number of thioether (sulfide) groups is 1. The van der Waals surface area contributed by atoms with Gasteiger partial charge in [-0.2, -0.15) is 0 Å². The summed E-state index contributed by atoms with van der Waals surface area (Å²) >= 11 is 6.79. The number of hydrogen-bond donors (Lipinski definition) is 0. The number of rotatable bonds is 1. The molecule has 0 amide bonds. The minimum absolute atomic E-state index is 0.857. The molecule has 2 aromatic rings. The summed E-state index contributed by atoms with van der Waals surface area (Å²) in [6.07, 6.45) is 2.03. The van der Waals surface area contributed by atoms with E-state index in [0.717, 1.165) is 24.9 Å². The number of hydrogen-bond acceptors (Lipinski definition) is 4. The van der Waals surface area contributed by atoms with Crippen LogP contribution < -0.4 is 0 Å². The van der Waals surface area contributed by atoms with Crippen molar-refractivity contribution < 1.29 is 0 Å². The predicted molar refractivity (Wildman–Crippen MR) is 61.6 cm³/mol. The van der Waals surface area contributed by atoms with E-state index in [2.05, 4.69) is 32.0 Å². The average Bonchev–Trinajstić information content (AvgIpc) is 2.48. The fourth-order valence-electron chi connectivity index (χ4n) is 0.997. The first kappa shape index (κ1) is 9.43. The summed E-state index contributed by atoms with van der Waals surface area (Å²) in [5, 5.41) is 0. The SMILES string of the molecule is CSc1nc2nc(C)c(Br)cc2s1. The molecule has 0 atom stereocenters. The van der Waals surface area contributed by atoms with Crippen LogP contribution in [0.15, 0.2) is 14.9 Å². The fraction of sp³-hybridized carbons (Fsp3) is 0.250. The molecule has 0 saturated heterocycles. The Morgan fingerprint density at radius 3 is 2.92 bits per heavy atom. The van der Waals surface area contributed by atoms with Crippen LogP contribution in [0, 0.1) is 6.92 Å². The van der Waals surface area contributed by atoms with Crippen molar-refractivity contribution in [2.45, 2.75) is 11.3 Å². The summed E-state index contributed by atoms with van der Waals surface area (Å²) < 4.78 is 3.26. The van der Waals surface area contributed by atoms with Crippen LogP contribution in [0.3, 0.4) is 0 Å². The van der Waals surface area contributed by atoms with Crippen LogP contribution in [0.5, 0.6) is 0 Å². The molecular formula is C8H7BrN2S2. The zero-order valence-electron chi connectivity index (χ0n) is 7.17. The van der Waals surface area contributed by atoms with Gasteiger partial charge in [0.1, 0.15) is 0 Å². The highest BCUT2D eigenvalue weighted by Crippen LogP contribution is 2.29. The van der Waals surface area contributed by atoms with Gasteiger partial charge in [-0.1, -0.05) is 11.8 Å². The second kappa shape index (κ2) is 3.55. The first-order valence-electron chi connectivity index (χ1n) is 3.68. The molecule has 5 heteroatoms. The van der Waals surface area contributed by atoms with Gasteiger partial charge in [0.05, 0.1) is 10.4 Å². The van der Waals surface area contributed by atoms with Crippen molar-refractivity contribution in [1.29, 1.82) is 0 Å². The molecule has 0 unspecified atom stereocenters. The highest BCUT2D eigenvalue weighted by molar-refractivity contribution is 9.10. The molecule has 2 rings (SSSR count). The quantitative estimate of drug-likeness (QED) is 0.745. The minimum Gasteiger partial charge on any atom is -0.231 e. The molecule has 0 radical (unpaired) electrons. The van der Waals surface area contributed by atoms with Gasteiger partial charge in [0.2, 0.25) is 0 Å². The normalized spacial score (nSPS) is 11.0. The monoisotopic (exact) mass is 274 g/mol. The standard InChI is InChI=1S/C8H7BrN2S2/c1-4-5(9)3-6-7(10-4)11-8(12-2)13-6/h3H,1-2H3. The van der Waals surface area contributed by atoms with Gasteiger partial charge >= 0.3 is 0 Å². The summed E-state index contributed by atoms with van der Waals surface area (Å²) in [5.41, 5.74) is 1.85. The van der Waals surface area contributed by atoms with Crippen molar-refractivity contribution in [2.24, 2.45) is 0 Å². The van der Waals surface area contributed by atoms with Crippen LogP contribution in [0.2, 0.25) is 0 Å². The molecule has 0 N–H and O–H groups in total. The van der Waals surface area contributed by atoms with E-state index in [9.17, 15) is 0 Å². The topological polar surface area (TPSA) is 25.8 Å². The van der Waals surface area contributed by atoms with E-state index in [1.807, 2.05) is 13.2 Å². The van der Waals surface area contributed by atoms with Crippen molar-refractivity contribution in [3.63, 3.8) is 0 Å². The lowest BCUT2D eigenvalue weighted by atomic mass is 10.4. The molecule has 0 fully saturated rings. The highest BCUT2D eigenvalue weighted by atomic mass is 79.9. The number of fused-ring (bicyclic) bond motifs is 1. The number of halogens is 1. The molecule has 0 bridgehead atoms. The van der Waals surface area contributed by atoms with Crippen molar-refractivity contribution in [3.8, 4) is 0 Å². The first-order valence-corrected chi connectivity index (χ1v) is 6.52. The fourth-order valence-corrected chi connectivity index (χ4v) is 2.93. The van der Waals surface area contributed by atoms with Gasteiger partial charge in [-0.05, 0) is 35.2 Å². The maximum Gasteiger partial charge on any atom is 0.171 e. The Bertz CT molecular complexity index is 414. The lowest BCUT2D eigenvalue weighted by Gasteiger charge is -1.94. The Morgan fingerprint density at radius 1 is 1.46 bits per heavy atom. The smallest absolute Gasteiger partial charge is 0.171 e. The lowest BCUT2D eigenvalue weighted by Crippen LogP contribution is -1.83. The molecule has 2 heterocycles. The van der Waals surface area contributed by atoms with E-state index in [0.29, 0.717) is 0 Å². The van der Waals surface area contributed by atoms with Gasteiger partial charge in [0.15, 0.2) is 9.99 Å². The van der Waals surface area contributed by atoms with E-state index in [-0.39, 0.29) is 0 Å². The maximum absolute atomic E-state index is 4.38. The number of aryl methyl sites for hydroxylation is 1. The van der Waals surface area contributed by atoms with Gasteiger partial charge in [0, 0.05) is 4.47 Å². The molecule has 13 heavy (non-hydrogen) atoms. The van der Waals surface area contributed by atoms with Gasteiger partial charge in [-0.25, -0.2) is 9.97 Å². The van der Waals surface area contributed by atoms with Gasteiger partial charge < -0.3 is 0 Å². The molecule has 0 aliphatic heterocycles. The molecule has 2 aromatic heterocycles. The number of pyridine rings is 1. The Hall–Kier alpha value is -0.130. The van der Waals surface area contributed by atoms with Gasteiger partial charge in [-0.3, -0.25) is 0 Å². The minimum atomic E-state index is 0.857. The number of nitrogens with zero attached hydrogens (tertiary/aromatic N) is 2. The van der Waals surface area contributed by atoms with E-state index in [1.165, 1.54) is 0 Å². The molecule has 68 valence electrons. The molecule has 0 saturated carbocycles. The number of aromatic nitrogens is 2. The molecule has 2 nitrogen and oxygen atoms in total. The second-order valence-electron chi connectivity index (χ2n) is 2.56. The average molecular weight is 275 g/mol. The molecule has 0 aliphatic carbocycles. The van der Waals surface area contributed by atoms with E-state index < -0.39 is 0 Å². The Labute approximate surface area is 92.9 Å². The summed E-state index contributed by atoms with van der Waals surface area (Å²) in [7, 11) is 0. The molecular weight excluding hydrogens is 268 g/mol. The third-order valence-corrected chi connectivity index (χ3v) is 4.45. The van der Waals surface area contributed by atoms with Crippen LogP contribution in [-0.2, 0) is 0 Å². The van der Waals surface area contributed by atoms with E-state index in [1.54, 1.807) is 23.1 Å². The Balaban J connectivity index is 2.70. The third-order valence-electron chi connectivity index (χ3n) is 1.67. The Kier molecular flexibility index (Phi) is 2.58. The summed E-state index contributed by atoms with van der Waals surface area (Å²) in [5.74, 6) is 0. The molecule has 0 spiro atoms. The predicted octanol–water partition coefficient (Wildman–Crippen LogP) is 3.48. The molecule has 0 aromatic carbocycles. The van der Waals surface area contributed by atoms with E-state index in [4.69, 9.17) is 0 Å². The maximum atomic E-state index is 4.38. The highest BCUT2D eigenvalue weighted by Gasteiger charge is 2.06. The second-order valence-corrected chi connectivity index (χ2v) is 5.50. The van der Waals surface area contributed by atoms with Gasteiger partial charge in [0.25, 0.3) is 0 Å². The molecule has 0 aliphatic rings. The van der Waals surface area contributed by atoms with Crippen LogP contribution in [0.4, 0.5) is 0 Å². The largest absolute Gasteiger partial charge is 0.231 e. The van der Waals surface area contributed by atoms with Crippen LogP contribution in [0.25, 0.3) is 10.3 Å². The first-order chi connectivity index (χ1) is 6.20. The van der Waals surface area contributed by atoms with Gasteiger partial charge in [-0.15, -0.1) is 11.3 Å². The van der Waals surface area contributed by atoms with Crippen LogP contribution >= 0.6 is 39.0 Å². The summed E-state index contributed by atoms with van der Waals surface area (Å²) in [6, 6.07) is 2.08. The van der Waals surface area contributed by atoms with Crippen molar-refractivity contribution in [2.75, 3.05) is 6.26 Å². The summed E-state index contributed by atoms with van der Waals surface area (Å²) in [6.45, 7) is 1.97. The number of thiazole rings is 1. The van der Waals surface area contributed by atoms with Crippen LogP contribution in [-0.4, -0.2) is 16.2 Å². The van der Waals surface area contributed by atoms with Crippen LogP contribution in [0.1, 0.15) is 5.69 Å².